The van der Waals surface area contributed by atoms with Crippen molar-refractivity contribution in [1.82, 2.24) is 9.97 Å². The summed E-state index contributed by atoms with van der Waals surface area (Å²) in [4.78, 5) is 10.9. The summed E-state index contributed by atoms with van der Waals surface area (Å²) in [5, 5.41) is 3.06. The lowest BCUT2D eigenvalue weighted by Crippen LogP contribution is -2.21. The summed E-state index contributed by atoms with van der Waals surface area (Å²) >= 11 is 3.56. The monoisotopic (exact) mass is 284 g/mol. The summed E-state index contributed by atoms with van der Waals surface area (Å²) in [5.74, 6) is 3.28. The lowest BCUT2D eigenvalue weighted by atomic mass is 10.0. The zero-order valence-electron chi connectivity index (χ0n) is 9.87. The average Bonchev–Trinajstić information content (AvgIpc) is 2.59. The molecule has 2 rings (SSSR count). The minimum absolute atomic E-state index is 0.722. The van der Waals surface area contributed by atoms with Crippen LogP contribution in [0.5, 0.6) is 0 Å². The zero-order valence-corrected chi connectivity index (χ0v) is 11.5. The van der Waals surface area contributed by atoms with Crippen LogP contribution in [0.25, 0.3) is 0 Å². The van der Waals surface area contributed by atoms with E-state index in [-0.39, 0.29) is 0 Å². The van der Waals surface area contributed by atoms with E-state index in [1.54, 1.807) is 6.33 Å². The molecule has 88 valence electrons. The molecule has 2 atom stereocenters. The van der Waals surface area contributed by atoms with Gasteiger partial charge in [0.25, 0.3) is 0 Å². The highest BCUT2D eigenvalue weighted by Gasteiger charge is 2.28. The Kier molecular flexibility index (Phi) is 3.33. The Labute approximate surface area is 105 Å². The summed E-state index contributed by atoms with van der Waals surface area (Å²) < 4.78 is 0.957. The number of anilines is 2. The van der Waals surface area contributed by atoms with Crippen LogP contribution in [0.2, 0.25) is 0 Å². The Hall–Kier alpha value is -0.840. The third-order valence-corrected chi connectivity index (χ3v) is 4.03. The van der Waals surface area contributed by atoms with Crippen molar-refractivity contribution < 1.29 is 0 Å². The second kappa shape index (κ2) is 4.57. The first-order valence-corrected chi connectivity index (χ1v) is 6.36. The number of aromatic nitrogens is 2. The molecule has 0 aliphatic carbocycles. The molecule has 1 N–H and O–H groups in total. The second-order valence-electron chi connectivity index (χ2n) is 4.47. The molecule has 0 bridgehead atoms. The fraction of sp³-hybridized carbons (Fsp3) is 0.636. The maximum absolute atomic E-state index is 4.37. The van der Waals surface area contributed by atoms with Crippen molar-refractivity contribution in [2.24, 2.45) is 11.8 Å². The molecule has 2 heterocycles. The fourth-order valence-electron chi connectivity index (χ4n) is 2.06. The number of hydrogen-bond donors (Lipinski definition) is 1. The summed E-state index contributed by atoms with van der Waals surface area (Å²) in [5.41, 5.74) is 0. The van der Waals surface area contributed by atoms with E-state index >= 15 is 0 Å². The molecule has 1 aromatic rings. The van der Waals surface area contributed by atoms with Gasteiger partial charge in [-0.1, -0.05) is 13.8 Å². The molecular weight excluding hydrogens is 268 g/mol. The van der Waals surface area contributed by atoms with Gasteiger partial charge in [0.15, 0.2) is 0 Å². The molecule has 1 fully saturated rings. The predicted molar refractivity (Wildman–Crippen MR) is 69.8 cm³/mol. The van der Waals surface area contributed by atoms with Crippen molar-refractivity contribution >= 4 is 27.6 Å². The van der Waals surface area contributed by atoms with Crippen molar-refractivity contribution in [2.45, 2.75) is 13.8 Å². The van der Waals surface area contributed by atoms with Gasteiger partial charge in [0, 0.05) is 20.1 Å². The van der Waals surface area contributed by atoms with Crippen LogP contribution in [0.1, 0.15) is 13.8 Å². The standard InChI is InChI=1S/C11H17BrN4/c1-7-4-16(5-8(7)2)11-9(12)10(13-3)14-6-15-11/h6-8H,4-5H2,1-3H3,(H,13,14,15). The summed E-state index contributed by atoms with van der Waals surface area (Å²) in [6.45, 7) is 6.72. The van der Waals surface area contributed by atoms with Crippen LogP contribution in [0.15, 0.2) is 10.8 Å². The fourth-order valence-corrected chi connectivity index (χ4v) is 2.71. The van der Waals surface area contributed by atoms with Crippen LogP contribution < -0.4 is 10.2 Å². The molecule has 1 aliphatic heterocycles. The van der Waals surface area contributed by atoms with Gasteiger partial charge in [0.1, 0.15) is 22.4 Å². The summed E-state index contributed by atoms with van der Waals surface area (Å²) in [6, 6.07) is 0. The lowest BCUT2D eigenvalue weighted by Gasteiger charge is -2.19. The van der Waals surface area contributed by atoms with Crippen LogP contribution >= 0.6 is 15.9 Å². The molecule has 16 heavy (non-hydrogen) atoms. The number of hydrogen-bond acceptors (Lipinski definition) is 4. The maximum Gasteiger partial charge on any atom is 0.148 e. The van der Waals surface area contributed by atoms with Gasteiger partial charge >= 0.3 is 0 Å². The molecule has 1 saturated heterocycles. The highest BCUT2D eigenvalue weighted by Crippen LogP contribution is 2.33. The topological polar surface area (TPSA) is 41.1 Å². The number of rotatable bonds is 2. The van der Waals surface area contributed by atoms with Gasteiger partial charge in [-0.2, -0.15) is 0 Å². The van der Waals surface area contributed by atoms with Crippen LogP contribution in [-0.4, -0.2) is 30.1 Å². The van der Waals surface area contributed by atoms with E-state index in [1.165, 1.54) is 0 Å². The van der Waals surface area contributed by atoms with E-state index < -0.39 is 0 Å². The Morgan fingerprint density at radius 1 is 1.31 bits per heavy atom. The molecule has 1 aliphatic rings. The molecule has 1 aromatic heterocycles. The van der Waals surface area contributed by atoms with E-state index in [2.05, 4.69) is 50.0 Å². The Balaban J connectivity index is 2.28. The molecule has 4 nitrogen and oxygen atoms in total. The number of nitrogens with zero attached hydrogens (tertiary/aromatic N) is 3. The Bertz CT molecular complexity index is 372. The summed E-state index contributed by atoms with van der Waals surface area (Å²) in [6.07, 6.45) is 1.61. The molecule has 0 radical (unpaired) electrons. The zero-order chi connectivity index (χ0) is 11.7. The molecule has 5 heteroatoms. The molecule has 0 amide bonds. The minimum Gasteiger partial charge on any atom is -0.372 e. The first kappa shape index (κ1) is 11.6. The second-order valence-corrected chi connectivity index (χ2v) is 5.26. The average molecular weight is 285 g/mol. The van der Waals surface area contributed by atoms with Crippen LogP contribution in [0.4, 0.5) is 11.6 Å². The quantitative estimate of drug-likeness (QED) is 0.905. The molecule has 0 saturated carbocycles. The normalized spacial score (nSPS) is 24.9. The van der Waals surface area contributed by atoms with Gasteiger partial charge in [-0.25, -0.2) is 9.97 Å². The highest BCUT2D eigenvalue weighted by atomic mass is 79.9. The smallest absolute Gasteiger partial charge is 0.148 e. The van der Waals surface area contributed by atoms with E-state index in [0.717, 1.165) is 41.0 Å². The number of halogens is 1. The first-order valence-electron chi connectivity index (χ1n) is 5.56. The van der Waals surface area contributed by atoms with Crippen LogP contribution in [0, 0.1) is 11.8 Å². The third-order valence-electron chi connectivity index (χ3n) is 3.30. The summed E-state index contributed by atoms with van der Waals surface area (Å²) in [7, 11) is 1.87. The van der Waals surface area contributed by atoms with Gasteiger partial charge in [-0.05, 0) is 27.8 Å². The van der Waals surface area contributed by atoms with Gasteiger partial charge in [0.05, 0.1) is 0 Å². The lowest BCUT2D eigenvalue weighted by molar-refractivity contribution is 0.494. The Morgan fingerprint density at radius 3 is 2.50 bits per heavy atom. The molecular formula is C11H17BrN4. The van der Waals surface area contributed by atoms with E-state index in [0.29, 0.717) is 0 Å². The predicted octanol–water partition coefficient (Wildman–Crippen LogP) is 2.37. The molecule has 0 aromatic carbocycles. The SMILES string of the molecule is CNc1ncnc(N2CC(C)C(C)C2)c1Br. The minimum atomic E-state index is 0.722. The van der Waals surface area contributed by atoms with Crippen molar-refractivity contribution in [3.8, 4) is 0 Å². The maximum atomic E-state index is 4.37. The first-order chi connectivity index (χ1) is 7.63. The molecule has 0 spiro atoms. The van der Waals surface area contributed by atoms with Gasteiger partial charge in [-0.3, -0.25) is 0 Å². The van der Waals surface area contributed by atoms with E-state index in [9.17, 15) is 0 Å². The largest absolute Gasteiger partial charge is 0.372 e. The van der Waals surface area contributed by atoms with Crippen molar-refractivity contribution in [3.63, 3.8) is 0 Å². The Morgan fingerprint density at radius 2 is 1.94 bits per heavy atom. The van der Waals surface area contributed by atoms with Crippen molar-refractivity contribution in [2.75, 3.05) is 30.4 Å². The van der Waals surface area contributed by atoms with E-state index in [4.69, 9.17) is 0 Å². The van der Waals surface area contributed by atoms with Crippen LogP contribution in [-0.2, 0) is 0 Å². The van der Waals surface area contributed by atoms with Gasteiger partial charge in [-0.15, -0.1) is 0 Å². The third kappa shape index (κ3) is 2.00. The van der Waals surface area contributed by atoms with E-state index in [1.807, 2.05) is 7.05 Å². The highest BCUT2D eigenvalue weighted by molar-refractivity contribution is 9.10. The van der Waals surface area contributed by atoms with Crippen molar-refractivity contribution in [3.05, 3.63) is 10.8 Å². The van der Waals surface area contributed by atoms with Gasteiger partial charge < -0.3 is 10.2 Å². The van der Waals surface area contributed by atoms with Crippen LogP contribution in [0.3, 0.4) is 0 Å². The van der Waals surface area contributed by atoms with Crippen molar-refractivity contribution in [1.29, 1.82) is 0 Å². The molecule has 2 unspecified atom stereocenters. The van der Waals surface area contributed by atoms with Gasteiger partial charge in [0.2, 0.25) is 0 Å². The number of nitrogens with one attached hydrogen (secondary N) is 1.